The van der Waals surface area contributed by atoms with Crippen molar-refractivity contribution in [3.8, 4) is 23.3 Å². The Labute approximate surface area is 186 Å². The molecule has 0 saturated heterocycles. The lowest BCUT2D eigenvalue weighted by Crippen LogP contribution is -2.21. The molecule has 6 heteroatoms. The van der Waals surface area contributed by atoms with Crippen molar-refractivity contribution in [3.05, 3.63) is 93.9 Å². The standard InChI is InChI=1S/C26H23N3O3/c1-15-8-9-21(16(2)10-15)29-14-17-11-19-24(12-22(17)30)32-26(28)20(13-27)25(19)18-6-4-5-7-23(18)31-3/h4-12,14,25,30H,28H2,1-3H3. The van der Waals surface area contributed by atoms with Crippen LogP contribution in [0.4, 0.5) is 5.69 Å². The van der Waals surface area contributed by atoms with Crippen LogP contribution < -0.4 is 15.2 Å². The number of nitrogens with two attached hydrogens (primary N) is 1. The summed E-state index contributed by atoms with van der Waals surface area (Å²) >= 11 is 0. The molecule has 0 saturated carbocycles. The first-order valence-corrected chi connectivity index (χ1v) is 10.1. The molecule has 1 heterocycles. The number of ether oxygens (including phenoxy) is 2. The fourth-order valence-corrected chi connectivity index (χ4v) is 3.93. The molecule has 1 aliphatic rings. The molecule has 160 valence electrons. The van der Waals surface area contributed by atoms with E-state index in [9.17, 15) is 10.4 Å². The SMILES string of the molecule is COc1ccccc1C1C(C#N)=C(N)Oc2cc(O)c(C=Nc3ccc(C)cc3C)cc21. The quantitative estimate of drug-likeness (QED) is 0.574. The number of methoxy groups -OCH3 is 1. The predicted molar refractivity (Wildman–Crippen MR) is 124 cm³/mol. The molecule has 0 aromatic heterocycles. The second-order valence-corrected chi connectivity index (χ2v) is 7.66. The normalized spacial score (nSPS) is 15.2. The largest absolute Gasteiger partial charge is 0.507 e. The highest BCUT2D eigenvalue weighted by Crippen LogP contribution is 2.46. The van der Waals surface area contributed by atoms with E-state index >= 15 is 0 Å². The van der Waals surface area contributed by atoms with Crippen molar-refractivity contribution in [3.63, 3.8) is 0 Å². The summed E-state index contributed by atoms with van der Waals surface area (Å²) in [6.45, 7) is 4.02. The molecule has 1 atom stereocenters. The number of benzene rings is 3. The van der Waals surface area contributed by atoms with E-state index in [2.05, 4.69) is 17.1 Å². The molecule has 0 bridgehead atoms. The molecule has 0 radical (unpaired) electrons. The fraction of sp³-hybridized carbons (Fsp3) is 0.154. The third-order valence-electron chi connectivity index (χ3n) is 5.51. The van der Waals surface area contributed by atoms with Crippen molar-refractivity contribution >= 4 is 11.9 Å². The predicted octanol–water partition coefficient (Wildman–Crippen LogP) is 4.99. The molecule has 1 aliphatic heterocycles. The van der Waals surface area contributed by atoms with E-state index in [0.717, 1.165) is 22.4 Å². The molecule has 0 fully saturated rings. The van der Waals surface area contributed by atoms with Crippen LogP contribution in [0.3, 0.4) is 0 Å². The zero-order chi connectivity index (χ0) is 22.8. The Morgan fingerprint density at radius 2 is 1.91 bits per heavy atom. The Bertz CT molecular complexity index is 1300. The van der Waals surface area contributed by atoms with Crippen molar-refractivity contribution in [1.29, 1.82) is 5.26 Å². The van der Waals surface area contributed by atoms with Gasteiger partial charge >= 0.3 is 0 Å². The average molecular weight is 425 g/mol. The van der Waals surface area contributed by atoms with Gasteiger partial charge in [0.1, 0.15) is 28.9 Å². The molecular weight excluding hydrogens is 402 g/mol. The van der Waals surface area contributed by atoms with Crippen molar-refractivity contribution in [2.45, 2.75) is 19.8 Å². The number of aromatic hydroxyl groups is 1. The fourth-order valence-electron chi connectivity index (χ4n) is 3.93. The number of fused-ring (bicyclic) bond motifs is 1. The second-order valence-electron chi connectivity index (χ2n) is 7.66. The van der Waals surface area contributed by atoms with Gasteiger partial charge in [-0.3, -0.25) is 4.99 Å². The number of hydrogen-bond acceptors (Lipinski definition) is 6. The van der Waals surface area contributed by atoms with Crippen LogP contribution in [0.15, 0.2) is 71.0 Å². The summed E-state index contributed by atoms with van der Waals surface area (Å²) in [5.41, 5.74) is 11.3. The third kappa shape index (κ3) is 3.77. The molecule has 0 spiro atoms. The molecule has 1 unspecified atom stereocenters. The minimum Gasteiger partial charge on any atom is -0.507 e. The monoisotopic (exact) mass is 425 g/mol. The van der Waals surface area contributed by atoms with E-state index in [-0.39, 0.29) is 17.2 Å². The van der Waals surface area contributed by atoms with E-state index in [1.165, 1.54) is 6.07 Å². The molecular formula is C26H23N3O3. The zero-order valence-corrected chi connectivity index (χ0v) is 18.1. The van der Waals surface area contributed by atoms with E-state index in [1.807, 2.05) is 50.2 Å². The van der Waals surface area contributed by atoms with E-state index in [1.54, 1.807) is 19.4 Å². The lowest BCUT2D eigenvalue weighted by atomic mass is 9.82. The van der Waals surface area contributed by atoms with Crippen LogP contribution in [-0.2, 0) is 0 Å². The Hall–Kier alpha value is -4.24. The van der Waals surface area contributed by atoms with E-state index in [0.29, 0.717) is 22.6 Å². The molecule has 3 aromatic rings. The smallest absolute Gasteiger partial charge is 0.205 e. The first-order chi connectivity index (χ1) is 15.4. The zero-order valence-electron chi connectivity index (χ0n) is 18.1. The van der Waals surface area contributed by atoms with Crippen LogP contribution in [0.25, 0.3) is 0 Å². The van der Waals surface area contributed by atoms with Crippen LogP contribution in [0.2, 0.25) is 0 Å². The first kappa shape index (κ1) is 21.0. The number of allylic oxidation sites excluding steroid dienone is 1. The van der Waals surface area contributed by atoms with Gasteiger partial charge in [0.05, 0.1) is 18.7 Å². The Morgan fingerprint density at radius 3 is 2.62 bits per heavy atom. The number of hydrogen-bond donors (Lipinski definition) is 2. The van der Waals surface area contributed by atoms with Gasteiger partial charge in [0, 0.05) is 29.0 Å². The van der Waals surface area contributed by atoms with Crippen molar-refractivity contribution < 1.29 is 14.6 Å². The summed E-state index contributed by atoms with van der Waals surface area (Å²) in [4.78, 5) is 4.56. The highest BCUT2D eigenvalue weighted by molar-refractivity contribution is 5.87. The number of aryl methyl sites for hydroxylation is 2. The van der Waals surface area contributed by atoms with Crippen molar-refractivity contribution in [1.82, 2.24) is 0 Å². The van der Waals surface area contributed by atoms with E-state index in [4.69, 9.17) is 15.2 Å². The molecule has 0 aliphatic carbocycles. The van der Waals surface area contributed by atoms with Crippen molar-refractivity contribution in [2.24, 2.45) is 10.7 Å². The van der Waals surface area contributed by atoms with Gasteiger partial charge in [-0.2, -0.15) is 5.26 Å². The van der Waals surface area contributed by atoms with E-state index < -0.39 is 5.92 Å². The Kier molecular flexibility index (Phi) is 5.57. The summed E-state index contributed by atoms with van der Waals surface area (Å²) in [7, 11) is 1.58. The van der Waals surface area contributed by atoms with Crippen LogP contribution in [0.5, 0.6) is 17.2 Å². The molecule has 6 nitrogen and oxygen atoms in total. The lowest BCUT2D eigenvalue weighted by Gasteiger charge is -2.28. The minimum atomic E-state index is -0.506. The summed E-state index contributed by atoms with van der Waals surface area (Å²) in [5.74, 6) is 0.521. The third-order valence-corrected chi connectivity index (χ3v) is 5.51. The number of rotatable bonds is 4. The number of phenolic OH excluding ortho intramolecular Hbond substituents is 1. The van der Waals surface area contributed by atoms with Gasteiger partial charge < -0.3 is 20.3 Å². The maximum atomic E-state index is 10.6. The van der Waals surface area contributed by atoms with Gasteiger partial charge in [0.25, 0.3) is 0 Å². The number of nitriles is 1. The minimum absolute atomic E-state index is 0.00393. The van der Waals surface area contributed by atoms with Crippen LogP contribution >= 0.6 is 0 Å². The highest BCUT2D eigenvalue weighted by atomic mass is 16.5. The van der Waals surface area contributed by atoms with Gasteiger partial charge in [-0.15, -0.1) is 0 Å². The maximum absolute atomic E-state index is 10.6. The number of phenols is 1. The summed E-state index contributed by atoms with van der Waals surface area (Å²) in [5, 5.41) is 20.4. The van der Waals surface area contributed by atoms with Gasteiger partial charge in [0.15, 0.2) is 0 Å². The lowest BCUT2D eigenvalue weighted by molar-refractivity contribution is 0.382. The first-order valence-electron chi connectivity index (χ1n) is 10.1. The van der Waals surface area contributed by atoms with Crippen LogP contribution in [0, 0.1) is 25.2 Å². The molecule has 3 N–H and O–H groups in total. The maximum Gasteiger partial charge on any atom is 0.205 e. The Balaban J connectivity index is 1.85. The highest BCUT2D eigenvalue weighted by Gasteiger charge is 2.33. The van der Waals surface area contributed by atoms with Crippen LogP contribution in [-0.4, -0.2) is 18.4 Å². The number of nitrogens with zero attached hydrogens (tertiary/aromatic N) is 2. The van der Waals surface area contributed by atoms with Gasteiger partial charge in [-0.05, 0) is 37.6 Å². The Morgan fingerprint density at radius 1 is 1.12 bits per heavy atom. The van der Waals surface area contributed by atoms with Gasteiger partial charge in [0.2, 0.25) is 5.88 Å². The summed E-state index contributed by atoms with van der Waals surface area (Å²) < 4.78 is 11.2. The molecule has 0 amide bonds. The summed E-state index contributed by atoms with van der Waals surface area (Å²) in [6, 6.07) is 18.9. The van der Waals surface area contributed by atoms with Gasteiger partial charge in [-0.25, -0.2) is 0 Å². The molecule has 4 rings (SSSR count). The number of para-hydroxylation sites is 1. The number of aliphatic imine (C=N–C) groups is 1. The second kappa shape index (κ2) is 8.48. The van der Waals surface area contributed by atoms with Crippen molar-refractivity contribution in [2.75, 3.05) is 7.11 Å². The average Bonchev–Trinajstić information content (AvgIpc) is 2.78. The van der Waals surface area contributed by atoms with Gasteiger partial charge in [-0.1, -0.05) is 35.9 Å². The summed E-state index contributed by atoms with van der Waals surface area (Å²) in [6.07, 6.45) is 1.61. The molecule has 32 heavy (non-hydrogen) atoms. The van der Waals surface area contributed by atoms with Crippen LogP contribution in [0.1, 0.15) is 33.7 Å². The molecule has 3 aromatic carbocycles. The topological polar surface area (TPSA) is 101 Å².